The van der Waals surface area contributed by atoms with Gasteiger partial charge in [-0.1, -0.05) is 13.0 Å². The highest BCUT2D eigenvalue weighted by Gasteiger charge is 2.53. The average molecular weight is 344 g/mol. The summed E-state index contributed by atoms with van der Waals surface area (Å²) in [6.07, 6.45) is 2.97. The Kier molecular flexibility index (Phi) is 8.02. The lowest BCUT2D eigenvalue weighted by molar-refractivity contribution is -0.277. The third kappa shape index (κ3) is 4.42. The van der Waals surface area contributed by atoms with Crippen LogP contribution in [0.4, 0.5) is 0 Å². The lowest BCUT2D eigenvalue weighted by Crippen LogP contribution is -2.57. The van der Waals surface area contributed by atoms with Crippen molar-refractivity contribution in [3.63, 3.8) is 0 Å². The van der Waals surface area contributed by atoms with Gasteiger partial charge in [-0.15, -0.1) is 0 Å². The van der Waals surface area contributed by atoms with Crippen molar-refractivity contribution in [1.82, 2.24) is 0 Å². The monoisotopic (exact) mass is 344 g/mol. The van der Waals surface area contributed by atoms with E-state index in [1.54, 1.807) is 13.2 Å². The molecule has 1 aliphatic heterocycles. The number of rotatable bonds is 8. The Labute approximate surface area is 142 Å². The molecule has 7 nitrogen and oxygen atoms in total. The second-order valence-corrected chi connectivity index (χ2v) is 6.00. The highest BCUT2D eigenvalue weighted by Crippen LogP contribution is 2.37. The Morgan fingerprint density at radius 1 is 1.33 bits per heavy atom. The highest BCUT2D eigenvalue weighted by molar-refractivity contribution is 6.36. The van der Waals surface area contributed by atoms with E-state index in [2.05, 4.69) is 4.74 Å². The fourth-order valence-electron chi connectivity index (χ4n) is 3.05. The molecule has 0 bridgehead atoms. The van der Waals surface area contributed by atoms with Gasteiger partial charge in [0.25, 0.3) is 5.78 Å². The van der Waals surface area contributed by atoms with Crippen molar-refractivity contribution in [2.24, 2.45) is 5.92 Å². The molecule has 4 atom stereocenters. The third-order valence-corrected chi connectivity index (χ3v) is 4.59. The third-order valence-electron chi connectivity index (χ3n) is 4.59. The molecule has 1 heterocycles. The molecule has 1 saturated heterocycles. The lowest BCUT2D eigenvalue weighted by Gasteiger charge is -2.43. The predicted octanol–water partition coefficient (Wildman–Crippen LogP) is 1.23. The van der Waals surface area contributed by atoms with E-state index in [0.29, 0.717) is 19.3 Å². The van der Waals surface area contributed by atoms with Crippen LogP contribution in [0.25, 0.3) is 0 Å². The van der Waals surface area contributed by atoms with Crippen LogP contribution in [-0.2, 0) is 28.5 Å². The zero-order valence-corrected chi connectivity index (χ0v) is 15.0. The Morgan fingerprint density at radius 3 is 2.50 bits per heavy atom. The maximum absolute atomic E-state index is 12.4. The van der Waals surface area contributed by atoms with E-state index in [0.717, 1.165) is 12.7 Å². The molecule has 0 aromatic rings. The largest absolute Gasteiger partial charge is 0.463 e. The van der Waals surface area contributed by atoms with Gasteiger partial charge in [-0.3, -0.25) is 4.79 Å². The quantitative estimate of drug-likeness (QED) is 0.402. The molecule has 1 fully saturated rings. The minimum atomic E-state index is -1.64. The number of ketones is 1. The van der Waals surface area contributed by atoms with E-state index in [4.69, 9.17) is 19.3 Å². The maximum atomic E-state index is 12.4. The molecule has 0 unspecified atom stereocenters. The SMILES string of the molecule is COC(=O)C(=O)[C@]1(OC)O[C@H](C[C@H](OC)/C(C)=C/CO)CC[C@H]1C. The van der Waals surface area contributed by atoms with Gasteiger partial charge in [0.05, 0.1) is 25.9 Å². The van der Waals surface area contributed by atoms with E-state index >= 15 is 0 Å². The van der Waals surface area contributed by atoms with Crippen molar-refractivity contribution in [2.45, 2.75) is 51.1 Å². The zero-order chi connectivity index (χ0) is 18.3. The molecular formula is C17H28O7. The number of Topliss-reactive ketones (excluding diaryl/α,β-unsaturated/α-hetero) is 1. The fraction of sp³-hybridized carbons (Fsp3) is 0.765. The number of hydrogen-bond donors (Lipinski definition) is 1. The first-order chi connectivity index (χ1) is 11.4. The molecule has 1 aliphatic rings. The van der Waals surface area contributed by atoms with Crippen molar-refractivity contribution in [3.8, 4) is 0 Å². The first-order valence-corrected chi connectivity index (χ1v) is 8.02. The summed E-state index contributed by atoms with van der Waals surface area (Å²) in [5, 5.41) is 9.02. The number of esters is 1. The summed E-state index contributed by atoms with van der Waals surface area (Å²) in [6, 6.07) is 0. The number of aliphatic hydroxyl groups excluding tert-OH is 1. The van der Waals surface area contributed by atoms with Crippen LogP contribution in [0.15, 0.2) is 11.6 Å². The van der Waals surface area contributed by atoms with E-state index in [-0.39, 0.29) is 24.7 Å². The number of aliphatic hydroxyl groups is 1. The number of carbonyl (C=O) groups is 2. The van der Waals surface area contributed by atoms with Gasteiger partial charge in [-0.05, 0) is 25.3 Å². The molecule has 0 amide bonds. The molecule has 0 aromatic heterocycles. The van der Waals surface area contributed by atoms with E-state index in [1.165, 1.54) is 7.11 Å². The van der Waals surface area contributed by atoms with Gasteiger partial charge in [0.15, 0.2) is 0 Å². The molecule has 0 spiro atoms. The Bertz CT molecular complexity index is 474. The summed E-state index contributed by atoms with van der Waals surface area (Å²) in [5.41, 5.74) is 0.879. The summed E-state index contributed by atoms with van der Waals surface area (Å²) in [6.45, 7) is 3.60. The second kappa shape index (κ2) is 9.27. The van der Waals surface area contributed by atoms with Crippen LogP contribution in [-0.4, -0.2) is 62.8 Å². The smallest absolute Gasteiger partial charge is 0.380 e. The van der Waals surface area contributed by atoms with Crippen LogP contribution < -0.4 is 0 Å². The van der Waals surface area contributed by atoms with Gasteiger partial charge in [0.2, 0.25) is 5.79 Å². The second-order valence-electron chi connectivity index (χ2n) is 6.00. The molecule has 24 heavy (non-hydrogen) atoms. The Balaban J connectivity index is 2.96. The van der Waals surface area contributed by atoms with Crippen LogP contribution in [0.1, 0.15) is 33.1 Å². The van der Waals surface area contributed by atoms with E-state index in [1.807, 2.05) is 13.8 Å². The van der Waals surface area contributed by atoms with Gasteiger partial charge in [0.1, 0.15) is 0 Å². The lowest BCUT2D eigenvalue weighted by atomic mass is 9.85. The molecule has 138 valence electrons. The molecule has 0 radical (unpaired) electrons. The topological polar surface area (TPSA) is 91.3 Å². The van der Waals surface area contributed by atoms with Crippen molar-refractivity contribution in [2.75, 3.05) is 27.9 Å². The number of ether oxygens (including phenoxy) is 4. The van der Waals surface area contributed by atoms with E-state index < -0.39 is 17.5 Å². The van der Waals surface area contributed by atoms with Crippen LogP contribution >= 0.6 is 0 Å². The molecule has 1 rings (SSSR count). The Morgan fingerprint density at radius 2 is 2.00 bits per heavy atom. The molecule has 1 N–H and O–H groups in total. The van der Waals surface area contributed by atoms with Gasteiger partial charge >= 0.3 is 5.97 Å². The predicted molar refractivity (Wildman–Crippen MR) is 86.3 cm³/mol. The number of carbonyl (C=O) groups excluding carboxylic acids is 2. The summed E-state index contributed by atoms with van der Waals surface area (Å²) < 4.78 is 21.3. The van der Waals surface area contributed by atoms with Crippen molar-refractivity contribution in [3.05, 3.63) is 11.6 Å². The summed E-state index contributed by atoms with van der Waals surface area (Å²) in [7, 11) is 4.08. The van der Waals surface area contributed by atoms with Crippen molar-refractivity contribution >= 4 is 11.8 Å². The van der Waals surface area contributed by atoms with Crippen LogP contribution in [0.5, 0.6) is 0 Å². The first kappa shape index (κ1) is 20.8. The summed E-state index contributed by atoms with van der Waals surface area (Å²) in [4.78, 5) is 24.1. The zero-order valence-electron chi connectivity index (χ0n) is 15.0. The van der Waals surface area contributed by atoms with E-state index in [9.17, 15) is 9.59 Å². The molecule has 0 aliphatic carbocycles. The highest BCUT2D eigenvalue weighted by atomic mass is 16.7. The van der Waals surface area contributed by atoms with Crippen molar-refractivity contribution < 1.29 is 33.6 Å². The van der Waals surface area contributed by atoms with Gasteiger partial charge < -0.3 is 24.1 Å². The average Bonchev–Trinajstić information content (AvgIpc) is 2.59. The number of methoxy groups -OCH3 is 3. The van der Waals surface area contributed by atoms with Gasteiger partial charge in [-0.25, -0.2) is 4.79 Å². The molecule has 0 aromatic carbocycles. The van der Waals surface area contributed by atoms with Crippen LogP contribution in [0, 0.1) is 5.92 Å². The fourth-order valence-corrected chi connectivity index (χ4v) is 3.05. The number of hydrogen-bond acceptors (Lipinski definition) is 7. The molecule has 7 heteroatoms. The van der Waals surface area contributed by atoms with Crippen molar-refractivity contribution in [1.29, 1.82) is 0 Å². The summed E-state index contributed by atoms with van der Waals surface area (Å²) in [5.74, 6) is -3.73. The van der Waals surface area contributed by atoms with Crippen LogP contribution in [0.3, 0.4) is 0 Å². The molecular weight excluding hydrogens is 316 g/mol. The first-order valence-electron chi connectivity index (χ1n) is 8.02. The normalized spacial score (nSPS) is 29.2. The van der Waals surface area contributed by atoms with Crippen LogP contribution in [0.2, 0.25) is 0 Å². The maximum Gasteiger partial charge on any atom is 0.380 e. The minimum absolute atomic E-state index is 0.0723. The molecule has 0 saturated carbocycles. The van der Waals surface area contributed by atoms with Gasteiger partial charge in [0, 0.05) is 26.6 Å². The minimum Gasteiger partial charge on any atom is -0.463 e. The van der Waals surface area contributed by atoms with Gasteiger partial charge in [-0.2, -0.15) is 0 Å². The summed E-state index contributed by atoms with van der Waals surface area (Å²) >= 11 is 0. The Hall–Kier alpha value is -1.28. The standard InChI is InChI=1S/C17H28O7/c1-11(8-9-18)14(21-3)10-13-7-6-12(2)17(23-5,24-13)15(19)16(20)22-4/h8,12-14,18H,6-7,9-10H2,1-5H3/b11-8+/t12-,13+,14+,17-/m1/s1.